The monoisotopic (exact) mass is 454 g/mol. The lowest BCUT2D eigenvalue weighted by atomic mass is 10.2. The summed E-state index contributed by atoms with van der Waals surface area (Å²) in [5.74, 6) is -2.02. The first kappa shape index (κ1) is 21.9. The van der Waals surface area contributed by atoms with Crippen LogP contribution in [0.4, 0.5) is 14.6 Å². The minimum absolute atomic E-state index is 0.00356. The minimum atomic E-state index is -3.95. The predicted molar refractivity (Wildman–Crippen MR) is 106 cm³/mol. The molecular weight excluding hydrogens is 438 g/mol. The SMILES string of the molecule is O=S(=O)(Nc1cc(OCCO)nc(SCc2cccc(F)c2F)n1)c1ccncc1. The Balaban J connectivity index is 1.85. The maximum Gasteiger partial charge on any atom is 0.263 e. The standard InChI is InChI=1S/C18H16F2N4O4S2/c19-14-3-1-2-12(17(14)20)11-29-18-22-15(10-16(23-18)28-9-8-25)24-30(26,27)13-4-6-21-7-5-13/h1-7,10,25H,8-9,11H2,(H,22,23,24). The van der Waals surface area contributed by atoms with E-state index in [2.05, 4.69) is 19.7 Å². The second-order valence-electron chi connectivity index (χ2n) is 5.74. The fourth-order valence-corrected chi connectivity index (χ4v) is 4.06. The maximum absolute atomic E-state index is 13.9. The summed E-state index contributed by atoms with van der Waals surface area (Å²) in [6, 6.07) is 7.69. The third-order valence-corrected chi connectivity index (χ3v) is 5.88. The van der Waals surface area contributed by atoms with E-state index in [1.807, 2.05) is 0 Å². The molecular formula is C18H16F2N4O4S2. The van der Waals surface area contributed by atoms with Crippen molar-refractivity contribution in [3.05, 3.63) is 66.0 Å². The van der Waals surface area contributed by atoms with Crippen molar-refractivity contribution in [1.29, 1.82) is 0 Å². The molecule has 0 aliphatic heterocycles. The first-order valence-electron chi connectivity index (χ1n) is 8.50. The van der Waals surface area contributed by atoms with Crippen LogP contribution in [0, 0.1) is 11.6 Å². The first-order chi connectivity index (χ1) is 14.4. The Labute approximate surface area is 175 Å². The molecule has 0 atom stereocenters. The normalized spacial score (nSPS) is 11.3. The van der Waals surface area contributed by atoms with E-state index in [1.54, 1.807) is 0 Å². The van der Waals surface area contributed by atoms with Gasteiger partial charge in [0.15, 0.2) is 16.8 Å². The maximum atomic E-state index is 13.9. The van der Waals surface area contributed by atoms with E-state index in [-0.39, 0.29) is 46.3 Å². The van der Waals surface area contributed by atoms with Gasteiger partial charge in [-0.3, -0.25) is 9.71 Å². The van der Waals surface area contributed by atoms with Crippen molar-refractivity contribution in [2.24, 2.45) is 0 Å². The van der Waals surface area contributed by atoms with Gasteiger partial charge in [-0.1, -0.05) is 23.9 Å². The number of halogens is 2. The van der Waals surface area contributed by atoms with Gasteiger partial charge in [0.1, 0.15) is 12.4 Å². The van der Waals surface area contributed by atoms with Crippen LogP contribution in [0.1, 0.15) is 5.56 Å². The number of aliphatic hydroxyl groups excluding tert-OH is 1. The Hall–Kier alpha value is -2.83. The van der Waals surface area contributed by atoms with Gasteiger partial charge in [0.2, 0.25) is 5.88 Å². The summed E-state index contributed by atoms with van der Waals surface area (Å²) in [7, 11) is -3.95. The third-order valence-electron chi connectivity index (χ3n) is 3.61. The fourth-order valence-electron chi connectivity index (χ4n) is 2.26. The van der Waals surface area contributed by atoms with Gasteiger partial charge < -0.3 is 9.84 Å². The van der Waals surface area contributed by atoms with Gasteiger partial charge in [-0.2, -0.15) is 4.98 Å². The Morgan fingerprint density at radius 1 is 1.13 bits per heavy atom. The molecule has 3 aromatic rings. The number of pyridine rings is 1. The topological polar surface area (TPSA) is 114 Å². The van der Waals surface area contributed by atoms with Crippen molar-refractivity contribution in [2.75, 3.05) is 17.9 Å². The molecule has 0 bridgehead atoms. The van der Waals surface area contributed by atoms with Gasteiger partial charge in [-0.05, 0) is 18.2 Å². The lowest BCUT2D eigenvalue weighted by Crippen LogP contribution is -2.15. The largest absolute Gasteiger partial charge is 0.475 e. The second-order valence-corrected chi connectivity index (χ2v) is 8.36. The Morgan fingerprint density at radius 2 is 1.90 bits per heavy atom. The summed E-state index contributed by atoms with van der Waals surface area (Å²) in [4.78, 5) is 12.0. The molecule has 1 aromatic carbocycles. The number of thioether (sulfide) groups is 1. The van der Waals surface area contributed by atoms with E-state index in [4.69, 9.17) is 9.84 Å². The van der Waals surface area contributed by atoms with E-state index >= 15 is 0 Å². The highest BCUT2D eigenvalue weighted by Gasteiger charge is 2.17. The van der Waals surface area contributed by atoms with Crippen LogP contribution in [-0.2, 0) is 15.8 Å². The van der Waals surface area contributed by atoms with E-state index in [0.717, 1.165) is 17.8 Å². The van der Waals surface area contributed by atoms with Crippen molar-refractivity contribution in [2.45, 2.75) is 15.8 Å². The van der Waals surface area contributed by atoms with Crippen LogP contribution < -0.4 is 9.46 Å². The summed E-state index contributed by atoms with van der Waals surface area (Å²) in [5, 5.41) is 9.01. The smallest absolute Gasteiger partial charge is 0.263 e. The number of hydrogen-bond donors (Lipinski definition) is 2. The van der Waals surface area contributed by atoms with Gasteiger partial charge in [0.25, 0.3) is 10.0 Å². The molecule has 2 N–H and O–H groups in total. The van der Waals surface area contributed by atoms with Gasteiger partial charge in [-0.25, -0.2) is 22.2 Å². The fraction of sp³-hybridized carbons (Fsp3) is 0.167. The molecule has 0 saturated heterocycles. The Morgan fingerprint density at radius 3 is 2.63 bits per heavy atom. The van der Waals surface area contributed by atoms with Gasteiger partial charge >= 0.3 is 0 Å². The summed E-state index contributed by atoms with van der Waals surface area (Å²) in [6.45, 7) is -0.352. The quantitative estimate of drug-likeness (QED) is 0.375. The highest BCUT2D eigenvalue weighted by atomic mass is 32.2. The lowest BCUT2D eigenvalue weighted by molar-refractivity contribution is 0.195. The van der Waals surface area contributed by atoms with Crippen molar-refractivity contribution < 1.29 is 27.0 Å². The molecule has 0 radical (unpaired) electrons. The Bertz CT molecular complexity index is 1120. The highest BCUT2D eigenvalue weighted by Crippen LogP contribution is 2.26. The van der Waals surface area contributed by atoms with Crippen molar-refractivity contribution >= 4 is 27.6 Å². The van der Waals surface area contributed by atoms with E-state index < -0.39 is 21.7 Å². The number of anilines is 1. The van der Waals surface area contributed by atoms with Crippen LogP contribution in [0.15, 0.2) is 58.8 Å². The summed E-state index contributed by atoms with van der Waals surface area (Å²) in [6.07, 6.45) is 2.66. The number of benzene rings is 1. The van der Waals surface area contributed by atoms with Crippen molar-refractivity contribution in [3.63, 3.8) is 0 Å². The van der Waals surface area contributed by atoms with Crippen LogP contribution >= 0.6 is 11.8 Å². The van der Waals surface area contributed by atoms with Gasteiger partial charge in [0.05, 0.1) is 11.5 Å². The second kappa shape index (κ2) is 9.78. The molecule has 3 rings (SSSR count). The third kappa shape index (κ3) is 5.62. The number of nitrogens with zero attached hydrogens (tertiary/aromatic N) is 3. The number of ether oxygens (including phenoxy) is 1. The number of aromatic nitrogens is 3. The van der Waals surface area contributed by atoms with Gasteiger partial charge in [-0.15, -0.1) is 0 Å². The summed E-state index contributed by atoms with van der Waals surface area (Å²) >= 11 is 0.964. The van der Waals surface area contributed by atoms with Crippen LogP contribution in [0.25, 0.3) is 0 Å². The van der Waals surface area contributed by atoms with Crippen LogP contribution in [0.5, 0.6) is 5.88 Å². The molecule has 0 aliphatic carbocycles. The highest BCUT2D eigenvalue weighted by molar-refractivity contribution is 7.98. The molecule has 0 unspecified atom stereocenters. The molecule has 0 spiro atoms. The average molecular weight is 454 g/mol. The zero-order valence-electron chi connectivity index (χ0n) is 15.3. The van der Waals surface area contributed by atoms with Crippen LogP contribution in [0.3, 0.4) is 0 Å². The van der Waals surface area contributed by atoms with Crippen molar-refractivity contribution in [3.8, 4) is 5.88 Å². The van der Waals surface area contributed by atoms with E-state index in [9.17, 15) is 17.2 Å². The molecule has 12 heteroatoms. The van der Waals surface area contributed by atoms with Crippen LogP contribution in [0.2, 0.25) is 0 Å². The van der Waals surface area contributed by atoms with Crippen LogP contribution in [-0.4, -0.2) is 41.7 Å². The predicted octanol–water partition coefficient (Wildman–Crippen LogP) is 2.61. The molecule has 0 aliphatic rings. The van der Waals surface area contributed by atoms with E-state index in [0.29, 0.717) is 0 Å². The number of sulfonamides is 1. The zero-order chi connectivity index (χ0) is 21.6. The first-order valence-corrected chi connectivity index (χ1v) is 11.0. The summed E-state index contributed by atoms with van der Waals surface area (Å²) < 4.78 is 59.9. The summed E-state index contributed by atoms with van der Waals surface area (Å²) in [5.41, 5.74) is 0.101. The van der Waals surface area contributed by atoms with E-state index in [1.165, 1.54) is 42.7 Å². The number of aliphatic hydroxyl groups is 1. The minimum Gasteiger partial charge on any atom is -0.475 e. The zero-order valence-corrected chi connectivity index (χ0v) is 17.0. The molecule has 2 heterocycles. The molecule has 0 saturated carbocycles. The molecule has 30 heavy (non-hydrogen) atoms. The van der Waals surface area contributed by atoms with Gasteiger partial charge in [0, 0.05) is 29.8 Å². The molecule has 2 aromatic heterocycles. The number of rotatable bonds is 9. The molecule has 0 fully saturated rings. The number of hydrogen-bond acceptors (Lipinski definition) is 8. The molecule has 0 amide bonds. The molecule has 8 nitrogen and oxygen atoms in total. The Kier molecular flexibility index (Phi) is 7.13. The van der Waals surface area contributed by atoms with Crippen molar-refractivity contribution in [1.82, 2.24) is 15.0 Å². The number of nitrogens with one attached hydrogen (secondary N) is 1. The lowest BCUT2D eigenvalue weighted by Gasteiger charge is -2.11. The average Bonchev–Trinajstić information content (AvgIpc) is 2.73. The molecule has 158 valence electrons.